The molecule has 1 aromatic heterocycles. The Labute approximate surface area is 185 Å². The number of carbonyl (C=O) groups is 1. The third-order valence-electron chi connectivity index (χ3n) is 4.93. The molecule has 0 bridgehead atoms. The number of hydrogen-bond donors (Lipinski definition) is 1. The third-order valence-corrected chi connectivity index (χ3v) is 4.93. The summed E-state index contributed by atoms with van der Waals surface area (Å²) in [5.41, 5.74) is 3.27. The Bertz CT molecular complexity index is 1190. The number of aromatic nitrogens is 4. The molecule has 0 radical (unpaired) electrons. The first-order valence-electron chi connectivity index (χ1n) is 10.1. The summed E-state index contributed by atoms with van der Waals surface area (Å²) in [6.07, 6.45) is 0. The van der Waals surface area contributed by atoms with Crippen molar-refractivity contribution in [3.05, 3.63) is 89.5 Å². The van der Waals surface area contributed by atoms with E-state index >= 15 is 0 Å². The van der Waals surface area contributed by atoms with Gasteiger partial charge in [0, 0.05) is 17.7 Å². The van der Waals surface area contributed by atoms with E-state index in [1.165, 1.54) is 4.80 Å². The average Bonchev–Trinajstić information content (AvgIpc) is 3.32. The second kappa shape index (κ2) is 9.74. The molecule has 162 valence electrons. The molecule has 3 aromatic carbocycles. The maximum Gasteiger partial charge on any atom is 0.251 e. The van der Waals surface area contributed by atoms with Crippen molar-refractivity contribution < 1.29 is 14.3 Å². The van der Waals surface area contributed by atoms with Crippen molar-refractivity contribution in [2.75, 3.05) is 14.2 Å². The zero-order chi connectivity index (χ0) is 22.3. The largest absolute Gasteiger partial charge is 0.497 e. The topological polar surface area (TPSA) is 91.2 Å². The second-order valence-corrected chi connectivity index (χ2v) is 7.10. The van der Waals surface area contributed by atoms with E-state index < -0.39 is 0 Å². The summed E-state index contributed by atoms with van der Waals surface area (Å²) in [5.74, 6) is 1.86. The fourth-order valence-electron chi connectivity index (χ4n) is 3.15. The fourth-order valence-corrected chi connectivity index (χ4v) is 3.15. The van der Waals surface area contributed by atoms with Crippen LogP contribution in [0.25, 0.3) is 11.4 Å². The molecule has 0 fully saturated rings. The highest BCUT2D eigenvalue weighted by Crippen LogP contribution is 2.17. The molecule has 0 aliphatic carbocycles. The van der Waals surface area contributed by atoms with Gasteiger partial charge < -0.3 is 14.8 Å². The van der Waals surface area contributed by atoms with E-state index in [2.05, 4.69) is 20.7 Å². The Morgan fingerprint density at radius 2 is 1.56 bits per heavy atom. The number of methoxy groups -OCH3 is 2. The van der Waals surface area contributed by atoms with Gasteiger partial charge in [-0.25, -0.2) is 0 Å². The summed E-state index contributed by atoms with van der Waals surface area (Å²) < 4.78 is 10.3. The van der Waals surface area contributed by atoms with Crippen LogP contribution in [0.5, 0.6) is 11.5 Å². The van der Waals surface area contributed by atoms with Gasteiger partial charge in [0.25, 0.3) is 5.91 Å². The van der Waals surface area contributed by atoms with Crippen LogP contribution < -0.4 is 14.8 Å². The average molecular weight is 429 g/mol. The molecule has 0 unspecified atom stereocenters. The van der Waals surface area contributed by atoms with E-state index in [0.717, 1.165) is 28.2 Å². The molecule has 1 N–H and O–H groups in total. The van der Waals surface area contributed by atoms with Crippen LogP contribution in [0.1, 0.15) is 21.5 Å². The Balaban J connectivity index is 1.41. The third kappa shape index (κ3) is 5.10. The predicted octanol–water partition coefficient (Wildman–Crippen LogP) is 3.34. The van der Waals surface area contributed by atoms with Gasteiger partial charge in [0.05, 0.1) is 20.8 Å². The summed E-state index contributed by atoms with van der Waals surface area (Å²) in [6, 6.07) is 22.4. The highest BCUT2D eigenvalue weighted by atomic mass is 16.5. The van der Waals surface area contributed by atoms with E-state index in [9.17, 15) is 4.79 Å². The number of nitrogens with zero attached hydrogens (tertiary/aromatic N) is 4. The van der Waals surface area contributed by atoms with Gasteiger partial charge in [-0.05, 0) is 52.7 Å². The van der Waals surface area contributed by atoms with E-state index in [4.69, 9.17) is 9.47 Å². The minimum Gasteiger partial charge on any atom is -0.497 e. The van der Waals surface area contributed by atoms with Gasteiger partial charge in [0.2, 0.25) is 5.82 Å². The van der Waals surface area contributed by atoms with E-state index in [1.807, 2.05) is 60.7 Å². The zero-order valence-corrected chi connectivity index (χ0v) is 17.9. The molecule has 0 spiro atoms. The molecule has 4 rings (SSSR count). The highest BCUT2D eigenvalue weighted by molar-refractivity contribution is 5.95. The first kappa shape index (κ1) is 21.0. The molecule has 0 aliphatic heterocycles. The van der Waals surface area contributed by atoms with Gasteiger partial charge in [0.15, 0.2) is 0 Å². The number of amides is 1. The molecular formula is C24H23N5O3. The Morgan fingerprint density at radius 1 is 0.906 bits per heavy atom. The first-order valence-corrected chi connectivity index (χ1v) is 10.1. The summed E-state index contributed by atoms with van der Waals surface area (Å²) in [4.78, 5) is 14.1. The molecule has 8 heteroatoms. The molecule has 8 nitrogen and oxygen atoms in total. The van der Waals surface area contributed by atoms with Crippen LogP contribution in [0.15, 0.2) is 72.8 Å². The normalized spacial score (nSPS) is 10.6. The summed E-state index contributed by atoms with van der Waals surface area (Å²) in [5, 5.41) is 15.6. The fraction of sp³-hybridized carbons (Fsp3) is 0.167. The number of nitrogens with one attached hydrogen (secondary N) is 1. The number of benzene rings is 3. The lowest BCUT2D eigenvalue weighted by atomic mass is 10.1. The van der Waals surface area contributed by atoms with Crippen molar-refractivity contribution in [1.29, 1.82) is 0 Å². The molecule has 0 atom stereocenters. The van der Waals surface area contributed by atoms with Crippen LogP contribution in [0.2, 0.25) is 0 Å². The van der Waals surface area contributed by atoms with Crippen LogP contribution in [0, 0.1) is 0 Å². The van der Waals surface area contributed by atoms with Crippen LogP contribution in [0.4, 0.5) is 0 Å². The molecule has 0 aliphatic rings. The molecular weight excluding hydrogens is 406 g/mol. The van der Waals surface area contributed by atoms with Gasteiger partial charge in [-0.3, -0.25) is 4.79 Å². The minimum atomic E-state index is -0.173. The number of rotatable bonds is 8. The van der Waals surface area contributed by atoms with Crippen molar-refractivity contribution in [2.45, 2.75) is 13.1 Å². The molecule has 1 heterocycles. The van der Waals surface area contributed by atoms with Crippen LogP contribution >= 0.6 is 0 Å². The minimum absolute atomic E-state index is 0.173. The first-order chi connectivity index (χ1) is 15.6. The molecule has 4 aromatic rings. The van der Waals surface area contributed by atoms with Gasteiger partial charge >= 0.3 is 0 Å². The Kier molecular flexibility index (Phi) is 6.41. The van der Waals surface area contributed by atoms with E-state index in [-0.39, 0.29) is 5.91 Å². The monoisotopic (exact) mass is 429 g/mol. The number of tetrazole rings is 1. The van der Waals surface area contributed by atoms with Crippen LogP contribution in [-0.2, 0) is 13.1 Å². The molecule has 32 heavy (non-hydrogen) atoms. The van der Waals surface area contributed by atoms with E-state index in [0.29, 0.717) is 24.5 Å². The summed E-state index contributed by atoms with van der Waals surface area (Å²) in [7, 11) is 3.25. The molecule has 0 saturated carbocycles. The number of hydrogen-bond acceptors (Lipinski definition) is 6. The summed E-state index contributed by atoms with van der Waals surface area (Å²) >= 11 is 0. The van der Waals surface area contributed by atoms with Gasteiger partial charge in [-0.15, -0.1) is 10.2 Å². The van der Waals surface area contributed by atoms with Crippen molar-refractivity contribution in [3.63, 3.8) is 0 Å². The van der Waals surface area contributed by atoms with Gasteiger partial charge in [0.1, 0.15) is 11.5 Å². The zero-order valence-electron chi connectivity index (χ0n) is 17.9. The maximum atomic E-state index is 12.6. The lowest BCUT2D eigenvalue weighted by molar-refractivity contribution is 0.0951. The standard InChI is InChI=1S/C24H23N5O3/c1-31-21-10-6-17(7-11-21)15-25-24(30)20-5-3-4-19(14-20)23-26-28-29(27-23)16-18-8-12-22(32-2)13-9-18/h3-14H,15-16H2,1-2H3,(H,25,30). The number of carbonyl (C=O) groups excluding carboxylic acids is 1. The van der Waals surface area contributed by atoms with E-state index in [1.54, 1.807) is 26.4 Å². The smallest absolute Gasteiger partial charge is 0.251 e. The van der Waals surface area contributed by atoms with Gasteiger partial charge in [-0.2, -0.15) is 4.80 Å². The lowest BCUT2D eigenvalue weighted by Gasteiger charge is -2.07. The van der Waals surface area contributed by atoms with Gasteiger partial charge in [-0.1, -0.05) is 36.4 Å². The quantitative estimate of drug-likeness (QED) is 0.462. The Morgan fingerprint density at radius 3 is 2.22 bits per heavy atom. The van der Waals surface area contributed by atoms with Crippen molar-refractivity contribution >= 4 is 5.91 Å². The predicted molar refractivity (Wildman–Crippen MR) is 120 cm³/mol. The van der Waals surface area contributed by atoms with Crippen LogP contribution in [-0.4, -0.2) is 40.3 Å². The van der Waals surface area contributed by atoms with Crippen molar-refractivity contribution in [2.24, 2.45) is 0 Å². The summed E-state index contributed by atoms with van der Waals surface area (Å²) in [6.45, 7) is 0.905. The van der Waals surface area contributed by atoms with Crippen molar-refractivity contribution in [1.82, 2.24) is 25.5 Å². The van der Waals surface area contributed by atoms with Crippen LogP contribution in [0.3, 0.4) is 0 Å². The van der Waals surface area contributed by atoms with Crippen molar-refractivity contribution in [3.8, 4) is 22.9 Å². The second-order valence-electron chi connectivity index (χ2n) is 7.10. The molecule has 0 saturated heterocycles. The highest BCUT2D eigenvalue weighted by Gasteiger charge is 2.11. The Hall–Kier alpha value is -4.20. The molecule has 1 amide bonds. The maximum absolute atomic E-state index is 12.6. The number of ether oxygens (including phenoxy) is 2. The lowest BCUT2D eigenvalue weighted by Crippen LogP contribution is -2.22. The SMILES string of the molecule is COc1ccc(CNC(=O)c2cccc(-c3nnn(Cc4ccc(OC)cc4)n3)c2)cc1.